The Kier molecular flexibility index (Phi) is 5.65. The quantitative estimate of drug-likeness (QED) is 0.864. The van der Waals surface area contributed by atoms with Crippen molar-refractivity contribution in [3.8, 4) is 0 Å². The van der Waals surface area contributed by atoms with Crippen LogP contribution in [0, 0.1) is 17.5 Å². The van der Waals surface area contributed by atoms with E-state index in [0.717, 1.165) is 31.4 Å². The van der Waals surface area contributed by atoms with Crippen LogP contribution in [0.25, 0.3) is 0 Å². The molecule has 122 valence electrons. The third-order valence-corrected chi connectivity index (χ3v) is 3.64. The zero-order chi connectivity index (χ0) is 16.1. The van der Waals surface area contributed by atoms with Crippen molar-refractivity contribution in [1.82, 2.24) is 4.90 Å². The number of benzene rings is 1. The van der Waals surface area contributed by atoms with Crippen molar-refractivity contribution in [2.45, 2.75) is 32.3 Å². The first-order chi connectivity index (χ1) is 10.5. The van der Waals surface area contributed by atoms with Crippen LogP contribution in [-0.2, 0) is 4.74 Å². The van der Waals surface area contributed by atoms with Crippen LogP contribution in [0.4, 0.5) is 23.7 Å². The van der Waals surface area contributed by atoms with E-state index in [1.807, 2.05) is 0 Å². The van der Waals surface area contributed by atoms with Crippen molar-refractivity contribution >= 4 is 11.7 Å². The lowest BCUT2D eigenvalue weighted by molar-refractivity contribution is 0.00221. The van der Waals surface area contributed by atoms with Crippen LogP contribution in [0.1, 0.15) is 26.2 Å². The molecule has 1 aliphatic rings. The fourth-order valence-electron chi connectivity index (χ4n) is 2.37. The molecule has 1 aromatic carbocycles. The van der Waals surface area contributed by atoms with Gasteiger partial charge in [-0.1, -0.05) is 0 Å². The molecule has 22 heavy (non-hydrogen) atoms. The third kappa shape index (κ3) is 3.91. The molecule has 1 saturated heterocycles. The number of carbonyl (C=O) groups is 1. The van der Waals surface area contributed by atoms with E-state index in [2.05, 4.69) is 5.32 Å². The maximum Gasteiger partial charge on any atom is 0.322 e. The SMILES string of the molecule is CCN(CC1CCCCO1)C(=O)Nc1ccc(F)c(F)c1F. The standard InChI is InChI=1S/C15H19F3N2O2/c1-2-20(9-10-5-3-4-8-22-10)15(21)19-12-7-6-11(16)13(17)14(12)18/h6-7,10H,2-5,8-9H2,1H3,(H,19,21). The second-order valence-corrected chi connectivity index (χ2v) is 5.18. The molecule has 0 aliphatic carbocycles. The van der Waals surface area contributed by atoms with E-state index in [0.29, 0.717) is 19.7 Å². The third-order valence-electron chi connectivity index (χ3n) is 3.64. The maximum atomic E-state index is 13.6. The summed E-state index contributed by atoms with van der Waals surface area (Å²) >= 11 is 0. The summed E-state index contributed by atoms with van der Waals surface area (Å²) in [5.41, 5.74) is -0.382. The number of nitrogens with one attached hydrogen (secondary N) is 1. The van der Waals surface area contributed by atoms with Crippen LogP contribution in [-0.4, -0.2) is 36.7 Å². The van der Waals surface area contributed by atoms with Crippen molar-refractivity contribution in [2.75, 3.05) is 25.0 Å². The fourth-order valence-corrected chi connectivity index (χ4v) is 2.37. The molecule has 2 amide bonds. The summed E-state index contributed by atoms with van der Waals surface area (Å²) in [5, 5.41) is 2.27. The Balaban J connectivity index is 2.01. The zero-order valence-electron chi connectivity index (χ0n) is 12.4. The molecule has 1 aliphatic heterocycles. The first-order valence-corrected chi connectivity index (χ1v) is 7.34. The van der Waals surface area contributed by atoms with Gasteiger partial charge in [-0.05, 0) is 38.3 Å². The number of hydrogen-bond acceptors (Lipinski definition) is 2. The van der Waals surface area contributed by atoms with E-state index in [9.17, 15) is 18.0 Å². The van der Waals surface area contributed by atoms with Gasteiger partial charge in [0.15, 0.2) is 17.5 Å². The van der Waals surface area contributed by atoms with E-state index < -0.39 is 23.5 Å². The molecule has 1 unspecified atom stereocenters. The van der Waals surface area contributed by atoms with Crippen molar-refractivity contribution in [3.63, 3.8) is 0 Å². The summed E-state index contributed by atoms with van der Waals surface area (Å²) in [4.78, 5) is 13.6. The highest BCUT2D eigenvalue weighted by molar-refractivity contribution is 5.89. The van der Waals surface area contributed by atoms with Crippen LogP contribution in [0.2, 0.25) is 0 Å². The van der Waals surface area contributed by atoms with Gasteiger partial charge in [-0.3, -0.25) is 0 Å². The van der Waals surface area contributed by atoms with Crippen LogP contribution < -0.4 is 5.32 Å². The monoisotopic (exact) mass is 316 g/mol. The van der Waals surface area contributed by atoms with Gasteiger partial charge >= 0.3 is 6.03 Å². The minimum atomic E-state index is -1.60. The lowest BCUT2D eigenvalue weighted by Gasteiger charge is -2.29. The van der Waals surface area contributed by atoms with Gasteiger partial charge in [0.05, 0.1) is 11.8 Å². The molecule has 0 radical (unpaired) electrons. The van der Waals surface area contributed by atoms with Gasteiger partial charge in [0.2, 0.25) is 0 Å². The maximum absolute atomic E-state index is 13.6. The predicted molar refractivity (Wildman–Crippen MR) is 76.2 cm³/mol. The number of anilines is 1. The highest BCUT2D eigenvalue weighted by Gasteiger charge is 2.22. The first-order valence-electron chi connectivity index (χ1n) is 7.34. The Morgan fingerprint density at radius 3 is 2.73 bits per heavy atom. The summed E-state index contributed by atoms with van der Waals surface area (Å²) in [7, 11) is 0. The lowest BCUT2D eigenvalue weighted by atomic mass is 10.1. The predicted octanol–water partition coefficient (Wildman–Crippen LogP) is 3.53. The van der Waals surface area contributed by atoms with E-state index in [1.54, 1.807) is 6.92 Å². The Bertz CT molecular complexity index is 534. The summed E-state index contributed by atoms with van der Waals surface area (Å²) < 4.78 is 45.2. The molecule has 1 N–H and O–H groups in total. The minimum absolute atomic E-state index is 0.0470. The number of ether oxygens (including phenoxy) is 1. The zero-order valence-corrected chi connectivity index (χ0v) is 12.4. The van der Waals surface area contributed by atoms with Gasteiger partial charge in [-0.15, -0.1) is 0 Å². The second kappa shape index (κ2) is 7.49. The van der Waals surface area contributed by atoms with E-state index >= 15 is 0 Å². The van der Waals surface area contributed by atoms with Crippen LogP contribution >= 0.6 is 0 Å². The van der Waals surface area contributed by atoms with E-state index in [1.165, 1.54) is 4.90 Å². The number of urea groups is 1. The van der Waals surface area contributed by atoms with Gasteiger partial charge in [-0.25, -0.2) is 18.0 Å². The van der Waals surface area contributed by atoms with Crippen LogP contribution in [0.15, 0.2) is 12.1 Å². The number of halogens is 3. The summed E-state index contributed by atoms with van der Waals surface area (Å²) in [6, 6.07) is 1.20. The molecule has 1 heterocycles. The van der Waals surface area contributed by atoms with Crippen molar-refractivity contribution in [3.05, 3.63) is 29.6 Å². The number of carbonyl (C=O) groups excluding carboxylic acids is 1. The highest BCUT2D eigenvalue weighted by atomic mass is 19.2. The summed E-state index contributed by atoms with van der Waals surface area (Å²) in [5.74, 6) is -4.30. The number of rotatable bonds is 4. The Labute approximate surface area is 127 Å². The number of nitrogens with zero attached hydrogens (tertiary/aromatic N) is 1. The first kappa shape index (κ1) is 16.6. The fraction of sp³-hybridized carbons (Fsp3) is 0.533. The van der Waals surface area contributed by atoms with Crippen LogP contribution in [0.5, 0.6) is 0 Å². The van der Waals surface area contributed by atoms with Gasteiger partial charge in [0.25, 0.3) is 0 Å². The summed E-state index contributed by atoms with van der Waals surface area (Å²) in [6.07, 6.45) is 2.87. The molecule has 4 nitrogen and oxygen atoms in total. The summed E-state index contributed by atoms with van der Waals surface area (Å²) in [6.45, 7) is 3.23. The van der Waals surface area contributed by atoms with Gasteiger partial charge in [0.1, 0.15) is 0 Å². The topological polar surface area (TPSA) is 41.6 Å². The smallest absolute Gasteiger partial charge is 0.322 e. The van der Waals surface area contributed by atoms with Crippen LogP contribution in [0.3, 0.4) is 0 Å². The molecular weight excluding hydrogens is 297 g/mol. The Morgan fingerprint density at radius 2 is 2.09 bits per heavy atom. The molecule has 0 aromatic heterocycles. The second-order valence-electron chi connectivity index (χ2n) is 5.18. The Hall–Kier alpha value is -1.76. The molecule has 0 saturated carbocycles. The molecule has 1 aromatic rings. The number of amides is 2. The average Bonchev–Trinajstić information content (AvgIpc) is 2.54. The van der Waals surface area contributed by atoms with E-state index in [4.69, 9.17) is 4.74 Å². The molecule has 1 atom stereocenters. The van der Waals surface area contributed by atoms with Crippen molar-refractivity contribution in [2.24, 2.45) is 0 Å². The normalized spacial score (nSPS) is 18.1. The molecular formula is C15H19F3N2O2. The Morgan fingerprint density at radius 1 is 1.32 bits per heavy atom. The minimum Gasteiger partial charge on any atom is -0.376 e. The van der Waals surface area contributed by atoms with E-state index in [-0.39, 0.29) is 11.8 Å². The average molecular weight is 316 g/mol. The largest absolute Gasteiger partial charge is 0.376 e. The molecule has 2 rings (SSSR count). The highest BCUT2D eigenvalue weighted by Crippen LogP contribution is 2.20. The van der Waals surface area contributed by atoms with Gasteiger partial charge in [0, 0.05) is 19.7 Å². The molecule has 1 fully saturated rings. The lowest BCUT2D eigenvalue weighted by Crippen LogP contribution is -2.42. The van der Waals surface area contributed by atoms with Crippen molar-refractivity contribution < 1.29 is 22.7 Å². The van der Waals surface area contributed by atoms with Gasteiger partial charge < -0.3 is 15.0 Å². The molecule has 0 spiro atoms. The van der Waals surface area contributed by atoms with Gasteiger partial charge in [-0.2, -0.15) is 0 Å². The molecule has 7 heteroatoms. The number of likely N-dealkylation sites (N-methyl/N-ethyl adjacent to an activating group) is 1. The molecule has 0 bridgehead atoms. The number of hydrogen-bond donors (Lipinski definition) is 1. The van der Waals surface area contributed by atoms with Crippen molar-refractivity contribution in [1.29, 1.82) is 0 Å².